The van der Waals surface area contributed by atoms with E-state index in [1.165, 1.54) is 12.1 Å². The van der Waals surface area contributed by atoms with Gasteiger partial charge in [0, 0.05) is 17.8 Å². The minimum atomic E-state index is -4.18. The van der Waals surface area contributed by atoms with Crippen molar-refractivity contribution < 1.29 is 26.7 Å². The van der Waals surface area contributed by atoms with Crippen molar-refractivity contribution in [1.29, 1.82) is 0 Å². The molecule has 1 N–H and O–H groups in total. The first-order valence-corrected chi connectivity index (χ1v) is 9.42. The molecule has 9 heteroatoms. The molecule has 0 aliphatic rings. The van der Waals surface area contributed by atoms with Gasteiger partial charge in [-0.2, -0.15) is 0 Å². The van der Waals surface area contributed by atoms with Crippen LogP contribution in [0.4, 0.5) is 14.5 Å². The maximum absolute atomic E-state index is 14.1. The third kappa shape index (κ3) is 3.99. The summed E-state index contributed by atoms with van der Waals surface area (Å²) in [7, 11) is -3.16. The highest BCUT2D eigenvalue weighted by atomic mass is 32.2. The van der Waals surface area contributed by atoms with Crippen LogP contribution in [0, 0.1) is 11.6 Å². The van der Waals surface area contributed by atoms with Gasteiger partial charge in [0.2, 0.25) is 0 Å². The highest BCUT2D eigenvalue weighted by Crippen LogP contribution is 2.24. The van der Waals surface area contributed by atoms with Crippen molar-refractivity contribution in [1.82, 2.24) is 4.98 Å². The molecule has 1 heterocycles. The van der Waals surface area contributed by atoms with E-state index in [4.69, 9.17) is 0 Å². The second kappa shape index (κ2) is 7.73. The number of esters is 1. The Bertz CT molecular complexity index is 1120. The lowest BCUT2D eigenvalue weighted by Crippen LogP contribution is -2.15. The zero-order valence-corrected chi connectivity index (χ0v) is 15.3. The topological polar surface area (TPSA) is 85.4 Å². The summed E-state index contributed by atoms with van der Waals surface area (Å²) < 4.78 is 59.4. The molecule has 0 fully saturated rings. The van der Waals surface area contributed by atoms with Gasteiger partial charge in [-0.3, -0.25) is 9.71 Å². The third-order valence-corrected chi connectivity index (χ3v) is 5.21. The fraction of sp³-hybridized carbons (Fsp3) is 0.0526. The summed E-state index contributed by atoms with van der Waals surface area (Å²) in [6.45, 7) is 0. The number of rotatable bonds is 5. The van der Waals surface area contributed by atoms with Crippen molar-refractivity contribution in [2.45, 2.75) is 4.90 Å². The number of hydrogen-bond acceptors (Lipinski definition) is 5. The zero-order valence-electron chi connectivity index (χ0n) is 14.5. The van der Waals surface area contributed by atoms with Crippen molar-refractivity contribution in [3.05, 3.63) is 78.0 Å². The van der Waals surface area contributed by atoms with Crippen LogP contribution in [0.3, 0.4) is 0 Å². The van der Waals surface area contributed by atoms with Gasteiger partial charge >= 0.3 is 5.97 Å². The summed E-state index contributed by atoms with van der Waals surface area (Å²) in [5.74, 6) is -3.30. The van der Waals surface area contributed by atoms with Crippen molar-refractivity contribution in [3.63, 3.8) is 0 Å². The molecule has 6 nitrogen and oxygen atoms in total. The van der Waals surface area contributed by atoms with Gasteiger partial charge in [0.05, 0.1) is 29.0 Å². The minimum Gasteiger partial charge on any atom is -0.465 e. The van der Waals surface area contributed by atoms with Crippen LogP contribution in [0.5, 0.6) is 0 Å². The molecule has 0 spiro atoms. The molecule has 0 amide bonds. The average molecular weight is 404 g/mol. The van der Waals surface area contributed by atoms with E-state index < -0.39 is 38.9 Å². The molecule has 0 saturated heterocycles. The Morgan fingerprint density at radius 2 is 1.75 bits per heavy atom. The molecule has 3 aromatic rings. The van der Waals surface area contributed by atoms with E-state index in [0.717, 1.165) is 7.11 Å². The Hall–Kier alpha value is -3.33. The number of nitrogens with one attached hydrogen (secondary N) is 1. The van der Waals surface area contributed by atoms with Crippen molar-refractivity contribution in [2.75, 3.05) is 11.8 Å². The molecule has 0 atom stereocenters. The number of benzene rings is 2. The smallest absolute Gasteiger partial charge is 0.340 e. The maximum atomic E-state index is 14.1. The van der Waals surface area contributed by atoms with Gasteiger partial charge in [0.15, 0.2) is 0 Å². The van der Waals surface area contributed by atoms with E-state index in [9.17, 15) is 22.0 Å². The number of carbonyl (C=O) groups excluding carboxylic acids is 1. The normalized spacial score (nSPS) is 11.1. The number of methoxy groups -OCH3 is 1. The monoisotopic (exact) mass is 404 g/mol. The number of anilines is 1. The van der Waals surface area contributed by atoms with E-state index >= 15 is 0 Å². The lowest BCUT2D eigenvalue weighted by atomic mass is 10.1. The van der Waals surface area contributed by atoms with Crippen LogP contribution >= 0.6 is 0 Å². The Balaban J connectivity index is 1.88. The second-order valence-corrected chi connectivity index (χ2v) is 7.33. The van der Waals surface area contributed by atoms with Crippen molar-refractivity contribution in [2.24, 2.45) is 0 Å². The summed E-state index contributed by atoms with van der Waals surface area (Å²) in [6.07, 6.45) is 1.61. The number of sulfonamides is 1. The summed E-state index contributed by atoms with van der Waals surface area (Å²) in [5, 5.41) is 0. The van der Waals surface area contributed by atoms with Gasteiger partial charge in [0.25, 0.3) is 10.0 Å². The minimum absolute atomic E-state index is 0.149. The molecule has 2 aromatic carbocycles. The van der Waals surface area contributed by atoms with E-state index in [2.05, 4.69) is 9.72 Å². The summed E-state index contributed by atoms with van der Waals surface area (Å²) in [4.78, 5) is 15.4. The summed E-state index contributed by atoms with van der Waals surface area (Å²) >= 11 is 0. The Morgan fingerprint density at radius 3 is 2.36 bits per heavy atom. The number of halogens is 2. The highest BCUT2D eigenvalue weighted by molar-refractivity contribution is 7.92. The first kappa shape index (κ1) is 19.4. The number of aromatic nitrogens is 1. The van der Waals surface area contributed by atoms with Crippen molar-refractivity contribution in [3.8, 4) is 11.3 Å². The van der Waals surface area contributed by atoms with Gasteiger partial charge in [0.1, 0.15) is 11.6 Å². The van der Waals surface area contributed by atoms with Crippen LogP contribution in [0.25, 0.3) is 11.3 Å². The van der Waals surface area contributed by atoms with Gasteiger partial charge in [-0.05, 0) is 30.3 Å². The van der Waals surface area contributed by atoms with E-state index in [0.29, 0.717) is 23.4 Å². The van der Waals surface area contributed by atoms with Crippen LogP contribution in [0.2, 0.25) is 0 Å². The first-order valence-electron chi connectivity index (χ1n) is 7.93. The average Bonchev–Trinajstić information content (AvgIpc) is 2.70. The molecule has 0 aliphatic carbocycles. The van der Waals surface area contributed by atoms with Gasteiger partial charge in [-0.1, -0.05) is 18.2 Å². The molecule has 144 valence electrons. The fourth-order valence-corrected chi connectivity index (χ4v) is 3.49. The number of nitrogens with zero attached hydrogens (tertiary/aromatic N) is 1. The molecule has 28 heavy (non-hydrogen) atoms. The van der Waals surface area contributed by atoms with Gasteiger partial charge in [-0.15, -0.1) is 0 Å². The molecule has 0 radical (unpaired) electrons. The van der Waals surface area contributed by atoms with Crippen LogP contribution in [-0.2, 0) is 14.8 Å². The number of ether oxygens (including phenoxy) is 1. The Morgan fingerprint density at radius 1 is 1.04 bits per heavy atom. The number of hydrogen-bond donors (Lipinski definition) is 1. The molecule has 0 unspecified atom stereocenters. The standard InChI is InChI=1S/C19H14F2N2O4S/c1-27-19(24)14-10-16(21)18(11-15(14)20)23-28(25,26)13-7-5-12(6-8-13)17-4-2-3-9-22-17/h2-11,23H,1H3. The Kier molecular flexibility index (Phi) is 5.36. The Labute approximate surface area is 159 Å². The fourth-order valence-electron chi connectivity index (χ4n) is 2.43. The molecule has 1 aromatic heterocycles. The van der Waals surface area contributed by atoms with Crippen LogP contribution in [0.15, 0.2) is 65.7 Å². The zero-order chi connectivity index (χ0) is 20.3. The molecule has 0 saturated carbocycles. The summed E-state index contributed by atoms with van der Waals surface area (Å²) in [6, 6.07) is 12.2. The number of carbonyl (C=O) groups is 1. The molecule has 3 rings (SSSR count). The van der Waals surface area contributed by atoms with E-state index in [1.54, 1.807) is 36.5 Å². The highest BCUT2D eigenvalue weighted by Gasteiger charge is 2.21. The lowest BCUT2D eigenvalue weighted by molar-refractivity contribution is 0.0595. The SMILES string of the molecule is COC(=O)c1cc(F)c(NS(=O)(=O)c2ccc(-c3ccccn3)cc2)cc1F. The third-order valence-electron chi connectivity index (χ3n) is 3.83. The molecular formula is C19H14F2N2O4S. The van der Waals surface area contributed by atoms with Crippen LogP contribution in [0.1, 0.15) is 10.4 Å². The lowest BCUT2D eigenvalue weighted by Gasteiger charge is -2.11. The molecule has 0 bridgehead atoms. The van der Waals surface area contributed by atoms with Gasteiger partial charge < -0.3 is 4.74 Å². The van der Waals surface area contributed by atoms with E-state index in [-0.39, 0.29) is 4.90 Å². The quantitative estimate of drug-likeness (QED) is 0.657. The molecular weight excluding hydrogens is 390 g/mol. The maximum Gasteiger partial charge on any atom is 0.340 e. The first-order chi connectivity index (χ1) is 13.3. The van der Waals surface area contributed by atoms with Crippen LogP contribution in [-0.4, -0.2) is 26.5 Å². The largest absolute Gasteiger partial charge is 0.465 e. The van der Waals surface area contributed by atoms with Crippen LogP contribution < -0.4 is 4.72 Å². The summed E-state index contributed by atoms with van der Waals surface area (Å²) in [5.41, 5.74) is 0.0896. The van der Waals surface area contributed by atoms with Gasteiger partial charge in [-0.25, -0.2) is 22.0 Å². The molecule has 0 aliphatic heterocycles. The van der Waals surface area contributed by atoms with E-state index in [1.807, 2.05) is 4.72 Å². The predicted octanol–water partition coefficient (Wildman–Crippen LogP) is 3.61. The second-order valence-electron chi connectivity index (χ2n) is 5.65. The predicted molar refractivity (Wildman–Crippen MR) is 98.2 cm³/mol. The van der Waals surface area contributed by atoms with Crippen molar-refractivity contribution >= 4 is 21.7 Å². The number of pyridine rings is 1.